The maximum Gasteiger partial charge on any atom is 0.416 e. The molecule has 2 atom stereocenters. The number of ether oxygens (including phenoxy) is 1. The minimum Gasteiger partial charge on any atom is -0.443 e. The molecule has 0 saturated carbocycles. The molecule has 0 bridgehead atoms. The van der Waals surface area contributed by atoms with Gasteiger partial charge in [-0.3, -0.25) is 9.69 Å². The lowest BCUT2D eigenvalue weighted by Crippen LogP contribution is -2.42. The maximum absolute atomic E-state index is 12.7. The number of aromatic nitrogens is 1. The normalized spacial score (nSPS) is 18.5. The molecule has 2 amide bonds. The fraction of sp³-hybridized carbons (Fsp3) is 0.650. The quantitative estimate of drug-likeness (QED) is 0.802. The zero-order valence-electron chi connectivity index (χ0n) is 16.8. The van der Waals surface area contributed by atoms with Crippen molar-refractivity contribution in [1.82, 2.24) is 9.88 Å². The predicted octanol–water partition coefficient (Wildman–Crippen LogP) is 4.31. The molecule has 1 aliphatic rings. The summed E-state index contributed by atoms with van der Waals surface area (Å²) < 4.78 is 5.55. The van der Waals surface area contributed by atoms with Gasteiger partial charge in [0.05, 0.1) is 6.04 Å². The number of pyridine rings is 1. The Morgan fingerprint density at radius 2 is 2.08 bits per heavy atom. The van der Waals surface area contributed by atoms with Crippen LogP contribution in [0.25, 0.3) is 0 Å². The Labute approximate surface area is 156 Å². The van der Waals surface area contributed by atoms with Gasteiger partial charge in [-0.1, -0.05) is 13.0 Å². The number of hydrogen-bond donors (Lipinski definition) is 0. The summed E-state index contributed by atoms with van der Waals surface area (Å²) in [5.74, 6) is 0.663. The van der Waals surface area contributed by atoms with Gasteiger partial charge in [0.2, 0.25) is 5.91 Å². The molecule has 0 radical (unpaired) electrons. The van der Waals surface area contributed by atoms with Crippen LogP contribution in [-0.4, -0.2) is 40.1 Å². The van der Waals surface area contributed by atoms with Gasteiger partial charge < -0.3 is 9.64 Å². The van der Waals surface area contributed by atoms with Crippen molar-refractivity contribution in [3.8, 4) is 0 Å². The van der Waals surface area contributed by atoms with Gasteiger partial charge in [0.1, 0.15) is 11.4 Å². The molecular weight excluding hydrogens is 330 g/mol. The monoisotopic (exact) mass is 361 g/mol. The van der Waals surface area contributed by atoms with Gasteiger partial charge in [-0.25, -0.2) is 9.78 Å². The molecule has 0 aromatic carbocycles. The second-order valence-corrected chi connectivity index (χ2v) is 7.93. The van der Waals surface area contributed by atoms with Gasteiger partial charge >= 0.3 is 6.09 Å². The number of likely N-dealkylation sites (tertiary alicyclic amines) is 1. The first-order valence-electron chi connectivity index (χ1n) is 9.39. The Balaban J connectivity index is 2.24. The Kier molecular flexibility index (Phi) is 6.26. The molecule has 1 saturated heterocycles. The van der Waals surface area contributed by atoms with E-state index in [1.165, 1.54) is 0 Å². The van der Waals surface area contributed by atoms with E-state index in [-0.39, 0.29) is 18.0 Å². The first-order valence-corrected chi connectivity index (χ1v) is 9.39. The van der Waals surface area contributed by atoms with Crippen LogP contribution < -0.4 is 4.90 Å². The molecule has 1 fully saturated rings. The Bertz CT molecular complexity index is 637. The average Bonchev–Trinajstić information content (AvgIpc) is 3.03. The van der Waals surface area contributed by atoms with Gasteiger partial charge in [0, 0.05) is 25.7 Å². The largest absolute Gasteiger partial charge is 0.443 e. The minimum atomic E-state index is -0.561. The number of hydrogen-bond acceptors (Lipinski definition) is 4. The van der Waals surface area contributed by atoms with Gasteiger partial charge in [-0.05, 0) is 58.6 Å². The first-order chi connectivity index (χ1) is 12.1. The number of carbonyl (C=O) groups excluding carboxylic acids is 2. The second kappa shape index (κ2) is 8.06. The number of nitrogens with zero attached hydrogens (tertiary/aromatic N) is 3. The zero-order chi connectivity index (χ0) is 19.5. The van der Waals surface area contributed by atoms with Crippen molar-refractivity contribution in [3.05, 3.63) is 23.9 Å². The topological polar surface area (TPSA) is 62.7 Å². The average molecular weight is 361 g/mol. The van der Waals surface area contributed by atoms with Crippen LogP contribution in [0.2, 0.25) is 0 Å². The third kappa shape index (κ3) is 4.74. The summed E-state index contributed by atoms with van der Waals surface area (Å²) in [5, 5.41) is 0. The lowest BCUT2D eigenvalue weighted by atomic mass is 10.1. The van der Waals surface area contributed by atoms with Crippen molar-refractivity contribution in [3.63, 3.8) is 0 Å². The fourth-order valence-corrected chi connectivity index (χ4v) is 3.22. The van der Waals surface area contributed by atoms with Crippen molar-refractivity contribution in [2.75, 3.05) is 11.4 Å². The number of anilines is 1. The summed E-state index contributed by atoms with van der Waals surface area (Å²) in [6.45, 7) is 12.0. The molecule has 1 aromatic rings. The Hall–Kier alpha value is -2.11. The van der Waals surface area contributed by atoms with Crippen molar-refractivity contribution in [2.45, 2.75) is 78.5 Å². The summed E-state index contributed by atoms with van der Waals surface area (Å²) in [4.78, 5) is 32.5. The summed E-state index contributed by atoms with van der Waals surface area (Å²) in [7, 11) is 0. The van der Waals surface area contributed by atoms with E-state index in [4.69, 9.17) is 4.74 Å². The third-order valence-corrected chi connectivity index (χ3v) is 4.68. The molecule has 2 rings (SSSR count). The predicted molar refractivity (Wildman–Crippen MR) is 102 cm³/mol. The molecule has 0 aliphatic carbocycles. The summed E-state index contributed by atoms with van der Waals surface area (Å²) >= 11 is 0. The molecule has 2 heterocycles. The van der Waals surface area contributed by atoms with Crippen LogP contribution in [0.1, 0.15) is 72.4 Å². The molecule has 26 heavy (non-hydrogen) atoms. The maximum atomic E-state index is 12.7. The van der Waals surface area contributed by atoms with Crippen molar-refractivity contribution in [1.29, 1.82) is 0 Å². The van der Waals surface area contributed by atoms with Gasteiger partial charge in [0.25, 0.3) is 0 Å². The van der Waals surface area contributed by atoms with E-state index >= 15 is 0 Å². The Morgan fingerprint density at radius 3 is 2.58 bits per heavy atom. The molecule has 0 N–H and O–H groups in total. The van der Waals surface area contributed by atoms with Crippen molar-refractivity contribution in [2.24, 2.45) is 0 Å². The number of carbonyl (C=O) groups is 2. The van der Waals surface area contributed by atoms with E-state index in [2.05, 4.69) is 4.98 Å². The summed E-state index contributed by atoms with van der Waals surface area (Å²) in [5.41, 5.74) is 0.448. The Morgan fingerprint density at radius 1 is 1.38 bits per heavy atom. The van der Waals surface area contributed by atoms with Crippen LogP contribution in [0.3, 0.4) is 0 Å². The van der Waals surface area contributed by atoms with E-state index in [0.717, 1.165) is 31.4 Å². The SMILES string of the molecule is CC[C@H](C)N(C(=O)OC(C)(C)C)c1ccc([C@@H]2CCCN2C(C)=O)cn1. The summed E-state index contributed by atoms with van der Waals surface area (Å²) in [6, 6.07) is 3.87. The van der Waals surface area contributed by atoms with Crippen LogP contribution >= 0.6 is 0 Å². The van der Waals surface area contributed by atoms with E-state index < -0.39 is 11.7 Å². The van der Waals surface area contributed by atoms with Gasteiger partial charge in [-0.2, -0.15) is 0 Å². The lowest BCUT2D eigenvalue weighted by Gasteiger charge is -2.31. The van der Waals surface area contributed by atoms with E-state index in [0.29, 0.717) is 5.82 Å². The third-order valence-electron chi connectivity index (χ3n) is 4.68. The number of rotatable bonds is 4. The van der Waals surface area contributed by atoms with E-state index in [1.54, 1.807) is 18.0 Å². The highest BCUT2D eigenvalue weighted by Gasteiger charge is 2.30. The summed E-state index contributed by atoms with van der Waals surface area (Å²) in [6.07, 6.45) is 4.13. The van der Waals surface area contributed by atoms with Crippen LogP contribution in [0.4, 0.5) is 10.6 Å². The molecule has 0 unspecified atom stereocenters. The number of amides is 2. The minimum absolute atomic E-state index is 0.0246. The van der Waals surface area contributed by atoms with Crippen LogP contribution in [0.5, 0.6) is 0 Å². The molecular formula is C20H31N3O3. The van der Waals surface area contributed by atoms with Crippen LogP contribution in [-0.2, 0) is 9.53 Å². The van der Waals surface area contributed by atoms with Crippen LogP contribution in [0, 0.1) is 0 Å². The highest BCUT2D eigenvalue weighted by molar-refractivity contribution is 5.87. The zero-order valence-corrected chi connectivity index (χ0v) is 16.8. The standard InChI is InChI=1S/C20H31N3O3/c1-7-14(2)23(19(25)26-20(4,5)6)18-11-10-16(13-21-18)17-9-8-12-22(17)15(3)24/h10-11,13-14,17H,7-9,12H2,1-6H3/t14-,17-/m0/s1. The van der Waals surface area contributed by atoms with Gasteiger partial charge in [0.15, 0.2) is 0 Å². The van der Waals surface area contributed by atoms with Crippen molar-refractivity contribution >= 4 is 17.8 Å². The molecule has 1 aromatic heterocycles. The first kappa shape index (κ1) is 20.2. The van der Waals surface area contributed by atoms with Gasteiger partial charge in [-0.15, -0.1) is 0 Å². The van der Waals surface area contributed by atoms with E-state index in [1.807, 2.05) is 51.7 Å². The highest BCUT2D eigenvalue weighted by Crippen LogP contribution is 2.32. The van der Waals surface area contributed by atoms with Crippen molar-refractivity contribution < 1.29 is 14.3 Å². The highest BCUT2D eigenvalue weighted by atomic mass is 16.6. The fourth-order valence-electron chi connectivity index (χ4n) is 3.22. The van der Waals surface area contributed by atoms with Crippen LogP contribution in [0.15, 0.2) is 18.3 Å². The lowest BCUT2D eigenvalue weighted by molar-refractivity contribution is -0.129. The molecule has 6 nitrogen and oxygen atoms in total. The van der Waals surface area contributed by atoms with E-state index in [9.17, 15) is 9.59 Å². The molecule has 144 valence electrons. The second-order valence-electron chi connectivity index (χ2n) is 7.93. The molecule has 0 spiro atoms. The molecule has 6 heteroatoms. The molecule has 1 aliphatic heterocycles. The smallest absolute Gasteiger partial charge is 0.416 e.